The third kappa shape index (κ3) is 11.3. The molecule has 0 aliphatic carbocycles. The molecule has 0 aliphatic heterocycles. The average Bonchev–Trinajstić information content (AvgIpc) is 2.77. The van der Waals surface area contributed by atoms with Gasteiger partial charge in [0.25, 0.3) is 0 Å². The number of benzene rings is 1. The molecule has 1 rings (SSSR count). The molecule has 0 spiro atoms. The van der Waals surface area contributed by atoms with E-state index in [9.17, 15) is 10.2 Å². The number of nitrogens with zero attached hydrogens (tertiary/aromatic N) is 1. The maximum Gasteiger partial charge on any atom is 0.128 e. The highest BCUT2D eigenvalue weighted by molar-refractivity contribution is 5.88. The second-order valence-electron chi connectivity index (χ2n) is 8.01. The van der Waals surface area contributed by atoms with Gasteiger partial charge >= 0.3 is 0 Å². The second kappa shape index (κ2) is 16.3. The summed E-state index contributed by atoms with van der Waals surface area (Å²) in [5.74, 6) is 0.481. The van der Waals surface area contributed by atoms with E-state index in [4.69, 9.17) is 9.47 Å². The molecule has 178 valence electrons. The monoisotopic (exact) mass is 443 g/mol. The van der Waals surface area contributed by atoms with Gasteiger partial charge in [0.1, 0.15) is 24.2 Å². The van der Waals surface area contributed by atoms with Crippen LogP contribution >= 0.6 is 0 Å². The Morgan fingerprint density at radius 2 is 1.81 bits per heavy atom. The lowest BCUT2D eigenvalue weighted by Gasteiger charge is -2.14. The van der Waals surface area contributed by atoms with Gasteiger partial charge in [0.2, 0.25) is 0 Å². The molecular weight excluding hydrogens is 402 g/mol. The number of hydrogen-bond acceptors (Lipinski definition) is 5. The summed E-state index contributed by atoms with van der Waals surface area (Å²) < 4.78 is 11.1. The fraction of sp³-hybridized carbons (Fsp3) is 0.519. The number of aromatic hydroxyl groups is 1. The van der Waals surface area contributed by atoms with E-state index in [2.05, 4.69) is 38.1 Å². The van der Waals surface area contributed by atoms with E-state index in [1.807, 2.05) is 6.92 Å². The van der Waals surface area contributed by atoms with Gasteiger partial charge in [-0.25, -0.2) is 0 Å². The Hall–Kier alpha value is -2.37. The van der Waals surface area contributed by atoms with Gasteiger partial charge < -0.3 is 19.7 Å². The van der Waals surface area contributed by atoms with Crippen LogP contribution < -0.4 is 4.74 Å². The lowest BCUT2D eigenvalue weighted by atomic mass is 10.1. The predicted octanol–water partition coefficient (Wildman–Crippen LogP) is 6.46. The Morgan fingerprint density at radius 3 is 2.50 bits per heavy atom. The molecule has 1 atom stereocenters. The van der Waals surface area contributed by atoms with Crippen molar-refractivity contribution in [2.75, 3.05) is 19.8 Å². The molecule has 0 heterocycles. The molecule has 0 fully saturated rings. The Balaban J connectivity index is 2.40. The van der Waals surface area contributed by atoms with Crippen molar-refractivity contribution in [3.8, 4) is 11.5 Å². The van der Waals surface area contributed by atoms with Gasteiger partial charge in [0.15, 0.2) is 0 Å². The normalized spacial score (nSPS) is 12.8. The molecule has 0 saturated heterocycles. The topological polar surface area (TPSA) is 71.3 Å². The molecule has 0 saturated carbocycles. The molecule has 1 aromatic rings. The van der Waals surface area contributed by atoms with Gasteiger partial charge in [0, 0.05) is 24.5 Å². The fourth-order valence-corrected chi connectivity index (χ4v) is 3.05. The van der Waals surface area contributed by atoms with E-state index >= 15 is 0 Å². The highest BCUT2D eigenvalue weighted by atomic mass is 16.5. The number of phenolic OH excluding ortho intramolecular Hbond substituents is 1. The summed E-state index contributed by atoms with van der Waals surface area (Å²) in [6.45, 7) is 15.2. The molecule has 0 radical (unpaired) electrons. The van der Waals surface area contributed by atoms with Crippen LogP contribution in [0.3, 0.4) is 0 Å². The van der Waals surface area contributed by atoms with Crippen molar-refractivity contribution < 1.29 is 19.7 Å². The van der Waals surface area contributed by atoms with E-state index in [0.717, 1.165) is 30.4 Å². The molecule has 0 amide bonds. The zero-order chi connectivity index (χ0) is 23.8. The molecule has 5 heteroatoms. The SMILES string of the molecule is C=C(C=NC(=C)c1ccc(OCC(O)COCCCCCCCC)cc1O)C(C)=CCC. The number of allylic oxidation sites excluding steroid dienone is 3. The van der Waals surface area contributed by atoms with Crippen LogP contribution in [0.1, 0.15) is 71.3 Å². The third-order valence-electron chi connectivity index (χ3n) is 5.07. The highest BCUT2D eigenvalue weighted by Crippen LogP contribution is 2.29. The molecular formula is C27H41NO4. The van der Waals surface area contributed by atoms with Gasteiger partial charge in [-0.1, -0.05) is 65.2 Å². The van der Waals surface area contributed by atoms with Crippen LogP contribution in [0.15, 0.2) is 53.6 Å². The van der Waals surface area contributed by atoms with Crippen LogP contribution in [0.5, 0.6) is 11.5 Å². The Bertz CT molecular complexity index is 767. The lowest BCUT2D eigenvalue weighted by molar-refractivity contribution is 0.0109. The third-order valence-corrected chi connectivity index (χ3v) is 5.07. The zero-order valence-electron chi connectivity index (χ0n) is 20.1. The summed E-state index contributed by atoms with van der Waals surface area (Å²) in [6.07, 6.45) is 11.2. The minimum absolute atomic E-state index is 0.0184. The quantitative estimate of drug-likeness (QED) is 0.165. The maximum atomic E-state index is 10.3. The lowest BCUT2D eigenvalue weighted by Crippen LogP contribution is -2.23. The molecule has 32 heavy (non-hydrogen) atoms. The van der Waals surface area contributed by atoms with Crippen molar-refractivity contribution in [3.05, 3.63) is 54.1 Å². The molecule has 5 nitrogen and oxygen atoms in total. The van der Waals surface area contributed by atoms with Gasteiger partial charge in [0.05, 0.1) is 12.3 Å². The minimum Gasteiger partial charge on any atom is -0.507 e. The van der Waals surface area contributed by atoms with Crippen LogP contribution in [0.2, 0.25) is 0 Å². The van der Waals surface area contributed by atoms with Gasteiger partial charge in [-0.2, -0.15) is 0 Å². The van der Waals surface area contributed by atoms with Crippen LogP contribution in [0.25, 0.3) is 5.70 Å². The van der Waals surface area contributed by atoms with E-state index in [-0.39, 0.29) is 19.0 Å². The van der Waals surface area contributed by atoms with E-state index in [1.54, 1.807) is 18.3 Å². The summed E-state index contributed by atoms with van der Waals surface area (Å²) >= 11 is 0. The number of phenols is 1. The van der Waals surface area contributed by atoms with Gasteiger partial charge in [-0.3, -0.25) is 4.99 Å². The molecule has 2 N–H and O–H groups in total. The van der Waals surface area contributed by atoms with Crippen molar-refractivity contribution in [1.82, 2.24) is 0 Å². The molecule has 0 aromatic heterocycles. The molecule has 0 aliphatic rings. The van der Waals surface area contributed by atoms with Crippen molar-refractivity contribution in [3.63, 3.8) is 0 Å². The van der Waals surface area contributed by atoms with Crippen molar-refractivity contribution >= 4 is 11.9 Å². The number of rotatable bonds is 17. The summed E-state index contributed by atoms with van der Waals surface area (Å²) in [6, 6.07) is 4.91. The number of aliphatic hydroxyl groups is 1. The first-order chi connectivity index (χ1) is 15.4. The average molecular weight is 444 g/mol. The Labute approximate surface area is 194 Å². The van der Waals surface area contributed by atoms with E-state index < -0.39 is 6.10 Å². The zero-order valence-corrected chi connectivity index (χ0v) is 20.1. The number of ether oxygens (including phenoxy) is 2. The summed E-state index contributed by atoms with van der Waals surface area (Å²) in [7, 11) is 0. The number of hydrogen-bond donors (Lipinski definition) is 2. The number of aliphatic imine (C=N–C) groups is 1. The number of aliphatic hydroxyl groups excluding tert-OH is 1. The van der Waals surface area contributed by atoms with Crippen LogP contribution in [-0.2, 0) is 4.74 Å². The van der Waals surface area contributed by atoms with Crippen LogP contribution in [0, 0.1) is 0 Å². The van der Waals surface area contributed by atoms with Crippen LogP contribution in [0.4, 0.5) is 0 Å². The first kappa shape index (κ1) is 27.7. The second-order valence-corrected chi connectivity index (χ2v) is 8.01. The minimum atomic E-state index is -0.720. The first-order valence-corrected chi connectivity index (χ1v) is 11.7. The number of unbranched alkanes of at least 4 members (excludes halogenated alkanes) is 5. The van der Waals surface area contributed by atoms with Crippen molar-refractivity contribution in [2.45, 2.75) is 71.8 Å². The largest absolute Gasteiger partial charge is 0.507 e. The highest BCUT2D eigenvalue weighted by Gasteiger charge is 2.09. The van der Waals surface area contributed by atoms with Gasteiger partial charge in [-0.15, -0.1) is 0 Å². The van der Waals surface area contributed by atoms with Gasteiger partial charge in [-0.05, 0) is 43.0 Å². The van der Waals surface area contributed by atoms with Crippen molar-refractivity contribution in [2.24, 2.45) is 4.99 Å². The summed E-state index contributed by atoms with van der Waals surface area (Å²) in [4.78, 5) is 4.31. The predicted molar refractivity (Wildman–Crippen MR) is 135 cm³/mol. The standard InChI is InChI=1S/C27H41NO4/c1-6-8-9-10-11-12-16-31-19-24(29)20-32-25-14-15-26(27(30)17-25)23(5)28-18-22(4)21(3)13-7-2/h13-15,17-18,24,29-30H,4-12,16,19-20H2,1-3H3. The summed E-state index contributed by atoms with van der Waals surface area (Å²) in [5, 5.41) is 20.4. The fourth-order valence-electron chi connectivity index (χ4n) is 3.05. The molecule has 1 aromatic carbocycles. The Morgan fingerprint density at radius 1 is 1.09 bits per heavy atom. The maximum absolute atomic E-state index is 10.3. The van der Waals surface area contributed by atoms with E-state index in [0.29, 0.717) is 23.6 Å². The Kier molecular flexibility index (Phi) is 14.1. The van der Waals surface area contributed by atoms with Crippen LogP contribution in [-0.4, -0.2) is 42.4 Å². The first-order valence-electron chi connectivity index (χ1n) is 11.7. The summed E-state index contributed by atoms with van der Waals surface area (Å²) in [5.41, 5.74) is 2.82. The molecule has 1 unspecified atom stereocenters. The molecule has 0 bridgehead atoms. The van der Waals surface area contributed by atoms with E-state index in [1.165, 1.54) is 31.7 Å². The van der Waals surface area contributed by atoms with Crippen molar-refractivity contribution in [1.29, 1.82) is 0 Å². The smallest absolute Gasteiger partial charge is 0.128 e.